The molecule has 0 aliphatic rings. The summed E-state index contributed by atoms with van der Waals surface area (Å²) in [4.78, 5) is 0. The molecule has 0 unspecified atom stereocenters. The van der Waals surface area contributed by atoms with E-state index in [-0.39, 0.29) is 205 Å². The van der Waals surface area contributed by atoms with Crippen LogP contribution in [0.25, 0.3) is 0 Å². The monoisotopic (exact) mass is 672 g/mol. The van der Waals surface area contributed by atoms with E-state index >= 15 is 0 Å². The van der Waals surface area contributed by atoms with Gasteiger partial charge in [-0.1, -0.05) is 0 Å². The van der Waals surface area contributed by atoms with Crippen LogP contribution in [0.15, 0.2) is 0 Å². The van der Waals surface area contributed by atoms with E-state index in [0.29, 0.717) is 0 Å². The van der Waals surface area contributed by atoms with Crippen LogP contribution in [-0.4, -0.2) is 97.8 Å². The van der Waals surface area contributed by atoms with Crippen LogP contribution >= 0.6 is 0 Å². The van der Waals surface area contributed by atoms with Crippen molar-refractivity contribution in [3.05, 3.63) is 0 Å². The molecule has 0 atom stereocenters. The van der Waals surface area contributed by atoms with Crippen molar-refractivity contribution in [2.75, 3.05) is 0 Å². The summed E-state index contributed by atoms with van der Waals surface area (Å²) in [5, 5.41) is 0. The topological polar surface area (TPSA) is 142 Å². The van der Waals surface area contributed by atoms with Crippen molar-refractivity contribution in [3.63, 3.8) is 0 Å². The van der Waals surface area contributed by atoms with E-state index in [1.54, 1.807) is 0 Å². The molecular weight excluding hydrogens is 669 g/mol. The molecule has 0 bridgehead atoms. The molecule has 0 aliphatic carbocycles. The summed E-state index contributed by atoms with van der Waals surface area (Å²) in [5.74, 6) is 0. The molecule has 5 nitrogen and oxygen atoms in total. The number of hydrogen-bond donors (Lipinski definition) is 0. The average Bonchev–Trinajstić information content (AvgIpc) is 0. The van der Waals surface area contributed by atoms with Crippen molar-refractivity contribution >= 4 is 97.8 Å². The molecule has 0 fully saturated rings. The Morgan fingerprint density at radius 1 is 0.333 bits per heavy atom. The SMILES string of the molecule is [Ba+2].[Ba+2].[Gd+3].[Gd+3].[O-2].[O-2].[O-2].[O-2].[O-2]. The van der Waals surface area contributed by atoms with E-state index in [1.807, 2.05) is 0 Å². The third-order valence-electron chi connectivity index (χ3n) is 0. The summed E-state index contributed by atoms with van der Waals surface area (Å²) in [6, 6.07) is 0. The molecule has 0 N–H and O–H groups in total. The molecule has 9 heteroatoms. The molecular formula is Ba2Gd2O5. The number of rotatable bonds is 0. The van der Waals surface area contributed by atoms with Gasteiger partial charge in [0, 0.05) is 0 Å². The third-order valence-corrected chi connectivity index (χ3v) is 0. The molecule has 0 saturated heterocycles. The van der Waals surface area contributed by atoms with Crippen LogP contribution in [0, 0.1) is 79.9 Å². The summed E-state index contributed by atoms with van der Waals surface area (Å²) >= 11 is 0. The van der Waals surface area contributed by atoms with Crippen LogP contribution < -0.4 is 0 Å². The zero-order valence-electron chi connectivity index (χ0n) is 4.16. The van der Waals surface area contributed by atoms with Gasteiger partial charge in [0.25, 0.3) is 0 Å². The van der Waals surface area contributed by atoms with Gasteiger partial charge in [-0.15, -0.1) is 0 Å². The quantitative estimate of drug-likeness (QED) is 0.282. The van der Waals surface area contributed by atoms with Crippen molar-refractivity contribution in [1.29, 1.82) is 0 Å². The van der Waals surface area contributed by atoms with Gasteiger partial charge in [-0.25, -0.2) is 0 Å². The van der Waals surface area contributed by atoms with Gasteiger partial charge in [-0.2, -0.15) is 0 Å². The Morgan fingerprint density at radius 3 is 0.333 bits per heavy atom. The van der Waals surface area contributed by atoms with Crippen LogP contribution in [0.4, 0.5) is 0 Å². The number of hydrogen-bond acceptors (Lipinski definition) is 0. The fraction of sp³-hybridized carbons (Fsp3) is 0. The molecule has 0 heterocycles. The van der Waals surface area contributed by atoms with Crippen LogP contribution in [-0.2, 0) is 27.4 Å². The summed E-state index contributed by atoms with van der Waals surface area (Å²) < 4.78 is 0. The molecule has 9 heavy (non-hydrogen) atoms. The van der Waals surface area contributed by atoms with Crippen molar-refractivity contribution in [1.82, 2.24) is 0 Å². The first-order valence-corrected chi connectivity index (χ1v) is 0. The van der Waals surface area contributed by atoms with Crippen LogP contribution in [0.3, 0.4) is 0 Å². The normalized spacial score (nSPS) is 0. The standard InChI is InChI=1S/2Ba.2Gd.5O/q2*+2;2*+3;5*-2. The van der Waals surface area contributed by atoms with Crippen LogP contribution in [0.1, 0.15) is 0 Å². The maximum Gasteiger partial charge on any atom is 3.00 e. The van der Waals surface area contributed by atoms with Crippen molar-refractivity contribution in [2.24, 2.45) is 0 Å². The summed E-state index contributed by atoms with van der Waals surface area (Å²) in [6.07, 6.45) is 0. The molecule has 0 rings (SSSR count). The Morgan fingerprint density at radius 2 is 0.333 bits per heavy atom. The predicted octanol–water partition coefficient (Wildman–Crippen LogP) is -1.36. The minimum Gasteiger partial charge on any atom is -2.00 e. The minimum absolute atomic E-state index is 0. The Labute approximate surface area is 198 Å². The zero-order valence-corrected chi connectivity index (χ0v) is 17.6. The summed E-state index contributed by atoms with van der Waals surface area (Å²) in [5.41, 5.74) is 0. The summed E-state index contributed by atoms with van der Waals surface area (Å²) in [7, 11) is 0. The van der Waals surface area contributed by atoms with Crippen LogP contribution in [0.5, 0.6) is 0 Å². The van der Waals surface area contributed by atoms with Gasteiger partial charge in [0.2, 0.25) is 0 Å². The summed E-state index contributed by atoms with van der Waals surface area (Å²) in [6.45, 7) is 0. The van der Waals surface area contributed by atoms with E-state index in [9.17, 15) is 0 Å². The molecule has 0 aromatic rings. The molecule has 0 aromatic heterocycles. The van der Waals surface area contributed by atoms with E-state index in [4.69, 9.17) is 0 Å². The minimum atomic E-state index is 0. The second-order valence-corrected chi connectivity index (χ2v) is 0. The van der Waals surface area contributed by atoms with Gasteiger partial charge in [0.1, 0.15) is 0 Å². The van der Waals surface area contributed by atoms with Gasteiger partial charge in [-0.05, 0) is 0 Å². The van der Waals surface area contributed by atoms with Gasteiger partial charge in [-0.3, -0.25) is 0 Å². The smallest absolute Gasteiger partial charge is 2.00 e. The molecule has 0 spiro atoms. The molecule has 0 aromatic carbocycles. The van der Waals surface area contributed by atoms with Crippen molar-refractivity contribution in [3.8, 4) is 0 Å². The van der Waals surface area contributed by atoms with E-state index in [1.165, 1.54) is 0 Å². The largest absolute Gasteiger partial charge is 3.00 e. The molecule has 0 aliphatic heterocycles. The van der Waals surface area contributed by atoms with E-state index < -0.39 is 0 Å². The molecule has 50 valence electrons. The van der Waals surface area contributed by atoms with Gasteiger partial charge in [0.05, 0.1) is 0 Å². The second kappa shape index (κ2) is 68.9. The fourth-order valence-electron chi connectivity index (χ4n) is 0. The third kappa shape index (κ3) is 58.4. The fourth-order valence-corrected chi connectivity index (χ4v) is 0. The molecule has 0 saturated carbocycles. The first kappa shape index (κ1) is 86.2. The van der Waals surface area contributed by atoms with Crippen LogP contribution in [0.2, 0.25) is 0 Å². The Kier molecular flexibility index (Phi) is 660. The maximum atomic E-state index is 0. The molecule has 0 amide bonds. The Bertz CT molecular complexity index is 12.9. The van der Waals surface area contributed by atoms with E-state index in [0.717, 1.165) is 0 Å². The van der Waals surface area contributed by atoms with Gasteiger partial charge >= 0.3 is 178 Å². The Hall–Kier alpha value is 5.59. The Balaban J connectivity index is 0. The second-order valence-electron chi connectivity index (χ2n) is 0. The van der Waals surface area contributed by atoms with Gasteiger partial charge < -0.3 is 27.4 Å². The van der Waals surface area contributed by atoms with Crippen molar-refractivity contribution in [2.45, 2.75) is 0 Å². The maximum absolute atomic E-state index is 0. The zero-order chi connectivity index (χ0) is 0. The van der Waals surface area contributed by atoms with Gasteiger partial charge in [0.15, 0.2) is 0 Å². The average molecular weight is 669 g/mol. The first-order chi connectivity index (χ1) is 0. The first-order valence-electron chi connectivity index (χ1n) is 0. The van der Waals surface area contributed by atoms with E-state index in [2.05, 4.69) is 0 Å². The predicted molar refractivity (Wildman–Crippen MR) is 14.9 cm³/mol. The molecule has 2 radical (unpaired) electrons. The van der Waals surface area contributed by atoms with Crippen molar-refractivity contribution < 1.29 is 107 Å².